The van der Waals surface area contributed by atoms with Crippen molar-refractivity contribution in [2.75, 3.05) is 6.54 Å². The highest BCUT2D eigenvalue weighted by atomic mass is 79.9. The first-order valence-corrected chi connectivity index (χ1v) is 7.93. The fourth-order valence-corrected chi connectivity index (χ4v) is 2.56. The molecule has 0 bridgehead atoms. The van der Waals surface area contributed by atoms with Gasteiger partial charge < -0.3 is 5.32 Å². The Labute approximate surface area is 129 Å². The van der Waals surface area contributed by atoms with E-state index < -0.39 is 0 Å². The summed E-state index contributed by atoms with van der Waals surface area (Å²) in [5.41, 5.74) is 2.51. The molecular weight excluding hydrogens is 314 g/mol. The lowest BCUT2D eigenvalue weighted by atomic mass is 10.0. The zero-order valence-corrected chi connectivity index (χ0v) is 13.7. The van der Waals surface area contributed by atoms with E-state index in [9.17, 15) is 0 Å². The Morgan fingerprint density at radius 3 is 2.55 bits per heavy atom. The van der Waals surface area contributed by atoms with Crippen molar-refractivity contribution in [3.63, 3.8) is 0 Å². The molecular formula is C16H22BrN3. The van der Waals surface area contributed by atoms with E-state index >= 15 is 0 Å². The predicted molar refractivity (Wildman–Crippen MR) is 86.8 cm³/mol. The van der Waals surface area contributed by atoms with E-state index in [1.54, 1.807) is 0 Å². The summed E-state index contributed by atoms with van der Waals surface area (Å²) in [6.07, 6.45) is 5.16. The standard InChI is InChI=1S/C16H22BrN3/c1-3-9-18-16(12-15-8-10-20(2)19-15)11-13-4-6-14(17)7-5-13/h4-8,10,16,18H,3,9,11-12H2,1-2H3. The van der Waals surface area contributed by atoms with E-state index in [1.165, 1.54) is 5.56 Å². The topological polar surface area (TPSA) is 29.9 Å². The van der Waals surface area contributed by atoms with Crippen molar-refractivity contribution in [2.45, 2.75) is 32.2 Å². The van der Waals surface area contributed by atoms with Gasteiger partial charge in [-0.25, -0.2) is 0 Å². The summed E-state index contributed by atoms with van der Waals surface area (Å²) < 4.78 is 3.00. The normalized spacial score (nSPS) is 12.6. The highest BCUT2D eigenvalue weighted by Gasteiger charge is 2.11. The third-order valence-corrected chi connectivity index (χ3v) is 3.83. The first-order chi connectivity index (χ1) is 9.67. The number of benzene rings is 1. The molecule has 0 fully saturated rings. The van der Waals surface area contributed by atoms with Gasteiger partial charge in [-0.2, -0.15) is 5.10 Å². The molecule has 3 nitrogen and oxygen atoms in total. The minimum absolute atomic E-state index is 0.436. The Morgan fingerprint density at radius 2 is 1.95 bits per heavy atom. The third kappa shape index (κ3) is 4.76. The maximum Gasteiger partial charge on any atom is 0.0640 e. The molecule has 0 spiro atoms. The molecule has 0 aliphatic rings. The summed E-state index contributed by atoms with van der Waals surface area (Å²) in [7, 11) is 1.96. The fraction of sp³-hybridized carbons (Fsp3) is 0.438. The Kier molecular flexibility index (Phi) is 5.80. The first-order valence-electron chi connectivity index (χ1n) is 7.13. The summed E-state index contributed by atoms with van der Waals surface area (Å²) in [5.74, 6) is 0. The minimum atomic E-state index is 0.436. The van der Waals surface area contributed by atoms with Gasteiger partial charge in [0.1, 0.15) is 0 Å². The summed E-state index contributed by atoms with van der Waals surface area (Å²) >= 11 is 3.48. The fourth-order valence-electron chi connectivity index (χ4n) is 2.29. The molecule has 1 unspecified atom stereocenters. The molecule has 1 heterocycles. The van der Waals surface area contributed by atoms with Crippen LogP contribution < -0.4 is 5.32 Å². The molecule has 108 valence electrons. The quantitative estimate of drug-likeness (QED) is 0.840. The molecule has 0 saturated heterocycles. The van der Waals surface area contributed by atoms with E-state index in [-0.39, 0.29) is 0 Å². The zero-order valence-electron chi connectivity index (χ0n) is 12.1. The van der Waals surface area contributed by atoms with Crippen LogP contribution in [0.15, 0.2) is 41.0 Å². The maximum atomic E-state index is 4.48. The van der Waals surface area contributed by atoms with Gasteiger partial charge in [0.05, 0.1) is 5.69 Å². The van der Waals surface area contributed by atoms with Crippen molar-refractivity contribution in [1.29, 1.82) is 0 Å². The Morgan fingerprint density at radius 1 is 1.20 bits per heavy atom. The lowest BCUT2D eigenvalue weighted by Crippen LogP contribution is -2.34. The van der Waals surface area contributed by atoms with Crippen LogP contribution in [0.2, 0.25) is 0 Å². The zero-order chi connectivity index (χ0) is 14.4. The van der Waals surface area contributed by atoms with E-state index in [0.717, 1.165) is 36.0 Å². The number of hydrogen-bond donors (Lipinski definition) is 1. The van der Waals surface area contributed by atoms with E-state index in [1.807, 2.05) is 17.9 Å². The Balaban J connectivity index is 2.00. The Bertz CT molecular complexity index is 519. The number of nitrogens with one attached hydrogen (secondary N) is 1. The van der Waals surface area contributed by atoms with Crippen molar-refractivity contribution < 1.29 is 0 Å². The average molecular weight is 336 g/mol. The second-order valence-corrected chi connectivity index (χ2v) is 6.08. The smallest absolute Gasteiger partial charge is 0.0640 e. The minimum Gasteiger partial charge on any atom is -0.313 e. The number of nitrogens with zero attached hydrogens (tertiary/aromatic N) is 2. The molecule has 2 aromatic rings. The van der Waals surface area contributed by atoms with Crippen LogP contribution in [0.3, 0.4) is 0 Å². The lowest BCUT2D eigenvalue weighted by molar-refractivity contribution is 0.498. The van der Waals surface area contributed by atoms with Gasteiger partial charge in [0.25, 0.3) is 0 Å². The van der Waals surface area contributed by atoms with E-state index in [2.05, 4.69) is 63.6 Å². The average Bonchev–Trinajstić information content (AvgIpc) is 2.84. The van der Waals surface area contributed by atoms with Gasteiger partial charge in [-0.15, -0.1) is 0 Å². The molecule has 0 radical (unpaired) electrons. The van der Waals surface area contributed by atoms with Crippen LogP contribution >= 0.6 is 15.9 Å². The summed E-state index contributed by atoms with van der Waals surface area (Å²) in [4.78, 5) is 0. The van der Waals surface area contributed by atoms with Crippen molar-refractivity contribution in [1.82, 2.24) is 15.1 Å². The molecule has 0 amide bonds. The van der Waals surface area contributed by atoms with E-state index in [0.29, 0.717) is 6.04 Å². The molecule has 0 saturated carbocycles. The summed E-state index contributed by atoms with van der Waals surface area (Å²) in [6.45, 7) is 3.25. The second-order valence-electron chi connectivity index (χ2n) is 5.17. The third-order valence-electron chi connectivity index (χ3n) is 3.30. The van der Waals surface area contributed by atoms with E-state index in [4.69, 9.17) is 0 Å². The molecule has 0 aliphatic carbocycles. The Hall–Kier alpha value is -1.13. The predicted octanol–water partition coefficient (Wildman–Crippen LogP) is 3.34. The van der Waals surface area contributed by atoms with Gasteiger partial charge in [0.2, 0.25) is 0 Å². The van der Waals surface area contributed by atoms with Crippen molar-refractivity contribution in [2.24, 2.45) is 7.05 Å². The van der Waals surface area contributed by atoms with Gasteiger partial charge in [0, 0.05) is 30.2 Å². The maximum absolute atomic E-state index is 4.48. The highest BCUT2D eigenvalue weighted by Crippen LogP contribution is 2.13. The molecule has 1 atom stereocenters. The molecule has 1 aromatic heterocycles. The second kappa shape index (κ2) is 7.60. The number of halogens is 1. The molecule has 4 heteroatoms. The number of aryl methyl sites for hydroxylation is 1. The van der Waals surface area contributed by atoms with Crippen LogP contribution in [0.25, 0.3) is 0 Å². The first kappa shape index (κ1) is 15.3. The van der Waals surface area contributed by atoms with Gasteiger partial charge in [0.15, 0.2) is 0 Å². The van der Waals surface area contributed by atoms with Crippen molar-refractivity contribution in [3.8, 4) is 0 Å². The van der Waals surface area contributed by atoms with Gasteiger partial charge in [-0.3, -0.25) is 4.68 Å². The summed E-state index contributed by atoms with van der Waals surface area (Å²) in [5, 5.41) is 8.11. The van der Waals surface area contributed by atoms with Crippen LogP contribution in [0, 0.1) is 0 Å². The number of rotatable bonds is 7. The van der Waals surface area contributed by atoms with Gasteiger partial charge in [-0.1, -0.05) is 35.0 Å². The van der Waals surface area contributed by atoms with Crippen LogP contribution in [0.5, 0.6) is 0 Å². The molecule has 1 aromatic carbocycles. The summed E-state index contributed by atoms with van der Waals surface area (Å²) in [6, 6.07) is 11.1. The molecule has 0 aliphatic heterocycles. The molecule has 2 rings (SSSR count). The van der Waals surface area contributed by atoms with Crippen LogP contribution in [0.4, 0.5) is 0 Å². The largest absolute Gasteiger partial charge is 0.313 e. The van der Waals surface area contributed by atoms with Crippen molar-refractivity contribution in [3.05, 3.63) is 52.3 Å². The van der Waals surface area contributed by atoms with Crippen LogP contribution in [0.1, 0.15) is 24.6 Å². The van der Waals surface area contributed by atoms with Gasteiger partial charge >= 0.3 is 0 Å². The number of aromatic nitrogens is 2. The van der Waals surface area contributed by atoms with Crippen LogP contribution in [-0.4, -0.2) is 22.4 Å². The highest BCUT2D eigenvalue weighted by molar-refractivity contribution is 9.10. The van der Waals surface area contributed by atoms with Crippen LogP contribution in [-0.2, 0) is 19.9 Å². The molecule has 20 heavy (non-hydrogen) atoms. The number of hydrogen-bond acceptors (Lipinski definition) is 2. The van der Waals surface area contributed by atoms with Gasteiger partial charge in [-0.05, 0) is 43.1 Å². The van der Waals surface area contributed by atoms with Crippen molar-refractivity contribution >= 4 is 15.9 Å². The lowest BCUT2D eigenvalue weighted by Gasteiger charge is -2.17. The monoisotopic (exact) mass is 335 g/mol. The molecule has 1 N–H and O–H groups in total. The SMILES string of the molecule is CCCNC(Cc1ccc(Br)cc1)Cc1ccn(C)n1.